The number of rotatable bonds is 13. The van der Waals surface area contributed by atoms with E-state index < -0.39 is 0 Å². The largest absolute Gasteiger partial charge is 0.348 e. The molecule has 0 unspecified atom stereocenters. The van der Waals surface area contributed by atoms with Crippen LogP contribution in [0.2, 0.25) is 0 Å². The van der Waals surface area contributed by atoms with Crippen molar-refractivity contribution in [3.05, 3.63) is 113 Å². The summed E-state index contributed by atoms with van der Waals surface area (Å²) in [6, 6.07) is 17.9. The van der Waals surface area contributed by atoms with Gasteiger partial charge < -0.3 is 16.0 Å². The van der Waals surface area contributed by atoms with Crippen LogP contribution in [0, 0.1) is 0 Å². The molecule has 2 heterocycles. The number of H-pyrrole nitrogens is 1. The Kier molecular flexibility index (Phi) is 9.78. The lowest BCUT2D eigenvalue weighted by Crippen LogP contribution is -2.23. The molecule has 7 nitrogen and oxygen atoms in total. The van der Waals surface area contributed by atoms with Crippen molar-refractivity contribution in [2.45, 2.75) is 65.7 Å². The van der Waals surface area contributed by atoms with Crippen LogP contribution in [0.5, 0.6) is 0 Å². The van der Waals surface area contributed by atoms with E-state index in [0.717, 1.165) is 48.5 Å². The summed E-state index contributed by atoms with van der Waals surface area (Å²) >= 11 is 0. The Morgan fingerprint density at radius 1 is 0.895 bits per heavy atom. The van der Waals surface area contributed by atoms with Crippen molar-refractivity contribution in [2.24, 2.45) is 5.73 Å². The number of aromatic nitrogens is 3. The van der Waals surface area contributed by atoms with Gasteiger partial charge in [0.25, 0.3) is 5.91 Å². The minimum atomic E-state index is -0.0993. The number of anilines is 1. The molecule has 7 heteroatoms. The van der Waals surface area contributed by atoms with Crippen molar-refractivity contribution >= 4 is 11.6 Å². The Labute approximate surface area is 225 Å². The zero-order valence-corrected chi connectivity index (χ0v) is 22.4. The molecule has 0 aliphatic heterocycles. The van der Waals surface area contributed by atoms with Gasteiger partial charge in [-0.15, -0.1) is 0 Å². The van der Waals surface area contributed by atoms with Crippen LogP contribution < -0.4 is 11.1 Å². The van der Waals surface area contributed by atoms with Crippen LogP contribution in [0.3, 0.4) is 0 Å². The second-order valence-electron chi connectivity index (χ2n) is 9.59. The number of pyridine rings is 1. The lowest BCUT2D eigenvalue weighted by atomic mass is 9.92. The number of aromatic amines is 1. The number of amides is 1. The number of nitrogens with two attached hydrogens (primary N) is 1. The summed E-state index contributed by atoms with van der Waals surface area (Å²) in [5.41, 5.74) is 13.3. The van der Waals surface area contributed by atoms with E-state index in [9.17, 15) is 4.79 Å². The van der Waals surface area contributed by atoms with Crippen LogP contribution in [-0.2, 0) is 39.0 Å². The topological polar surface area (TPSA) is 99.9 Å². The molecule has 0 saturated carbocycles. The number of carbonyl (C=O) groups is 1. The fourth-order valence-electron chi connectivity index (χ4n) is 4.85. The lowest BCUT2D eigenvalue weighted by Gasteiger charge is -2.21. The minimum Gasteiger partial charge on any atom is -0.348 e. The second kappa shape index (κ2) is 13.7. The van der Waals surface area contributed by atoms with Gasteiger partial charge in [0.1, 0.15) is 5.82 Å². The number of hydrogen-bond donors (Lipinski definition) is 3. The van der Waals surface area contributed by atoms with Crippen LogP contribution >= 0.6 is 0 Å². The third-order valence-corrected chi connectivity index (χ3v) is 6.66. The molecule has 0 aliphatic rings. The maximum absolute atomic E-state index is 13.2. The van der Waals surface area contributed by atoms with Gasteiger partial charge in [-0.1, -0.05) is 51.0 Å². The summed E-state index contributed by atoms with van der Waals surface area (Å²) < 4.78 is 0. The van der Waals surface area contributed by atoms with Crippen molar-refractivity contribution in [3.63, 3.8) is 0 Å². The average molecular weight is 511 g/mol. The molecule has 4 N–H and O–H groups in total. The normalized spacial score (nSPS) is 11.2. The highest BCUT2D eigenvalue weighted by atomic mass is 16.1. The Hall–Kier alpha value is -3.81. The Morgan fingerprint density at radius 2 is 1.68 bits per heavy atom. The van der Waals surface area contributed by atoms with E-state index in [0.29, 0.717) is 31.7 Å². The molecule has 4 aromatic rings. The van der Waals surface area contributed by atoms with Crippen molar-refractivity contribution < 1.29 is 4.79 Å². The van der Waals surface area contributed by atoms with E-state index in [1.54, 1.807) is 6.20 Å². The molecule has 4 rings (SSSR count). The van der Waals surface area contributed by atoms with Gasteiger partial charge in [0.2, 0.25) is 0 Å². The Morgan fingerprint density at radius 3 is 2.34 bits per heavy atom. The molecule has 0 radical (unpaired) electrons. The van der Waals surface area contributed by atoms with Crippen molar-refractivity contribution in [1.29, 1.82) is 0 Å². The van der Waals surface area contributed by atoms with Gasteiger partial charge in [0, 0.05) is 49.5 Å². The first kappa shape index (κ1) is 27.2. The molecule has 38 heavy (non-hydrogen) atoms. The highest BCUT2D eigenvalue weighted by Gasteiger charge is 2.16. The van der Waals surface area contributed by atoms with E-state index in [4.69, 9.17) is 5.73 Å². The van der Waals surface area contributed by atoms with E-state index in [-0.39, 0.29) is 5.91 Å². The summed E-state index contributed by atoms with van der Waals surface area (Å²) in [7, 11) is 0. The van der Waals surface area contributed by atoms with E-state index in [1.807, 2.05) is 60.9 Å². The molecular formula is C31H38N6O. The standard InChI is InChI=1S/C31H38N6O/c1-3-7-27-25(19-32)14-15-29(28(27)8-4-2)36-31(38)24-12-10-23(11-13-24)20-37(22-30-34-17-18-35-30)21-26-9-5-6-16-33-26/h5-6,9-18H,3-4,7-8,19-22,32H2,1-2H3,(H,34,35)(H,36,38). The maximum atomic E-state index is 13.2. The molecule has 1 amide bonds. The summed E-state index contributed by atoms with van der Waals surface area (Å²) in [6.07, 6.45) is 9.35. The van der Waals surface area contributed by atoms with Gasteiger partial charge in [0.15, 0.2) is 0 Å². The number of nitrogens with one attached hydrogen (secondary N) is 2. The summed E-state index contributed by atoms with van der Waals surface area (Å²) in [5, 5.41) is 3.17. The molecule has 0 atom stereocenters. The molecule has 0 spiro atoms. The first-order chi connectivity index (χ1) is 18.6. The predicted molar refractivity (Wildman–Crippen MR) is 152 cm³/mol. The quantitative estimate of drug-likeness (QED) is 0.217. The maximum Gasteiger partial charge on any atom is 0.255 e. The fourth-order valence-corrected chi connectivity index (χ4v) is 4.85. The van der Waals surface area contributed by atoms with Gasteiger partial charge in [-0.05, 0) is 65.4 Å². The number of carbonyl (C=O) groups excluding carboxylic acids is 1. The van der Waals surface area contributed by atoms with E-state index >= 15 is 0 Å². The van der Waals surface area contributed by atoms with Crippen LogP contribution in [0.1, 0.15) is 70.8 Å². The van der Waals surface area contributed by atoms with Crippen LogP contribution in [0.15, 0.2) is 73.2 Å². The highest BCUT2D eigenvalue weighted by molar-refractivity contribution is 6.04. The lowest BCUT2D eigenvalue weighted by molar-refractivity contribution is 0.102. The van der Waals surface area contributed by atoms with Crippen LogP contribution in [0.25, 0.3) is 0 Å². The smallest absolute Gasteiger partial charge is 0.255 e. The molecule has 0 fully saturated rings. The van der Waals surface area contributed by atoms with Gasteiger partial charge in [0.05, 0.1) is 12.2 Å². The number of benzene rings is 2. The van der Waals surface area contributed by atoms with Gasteiger partial charge in [-0.2, -0.15) is 0 Å². The molecule has 198 valence electrons. The van der Waals surface area contributed by atoms with Crippen molar-refractivity contribution in [1.82, 2.24) is 19.9 Å². The van der Waals surface area contributed by atoms with Gasteiger partial charge in [-0.3, -0.25) is 14.7 Å². The molecular weight excluding hydrogens is 472 g/mol. The third-order valence-electron chi connectivity index (χ3n) is 6.66. The van der Waals surface area contributed by atoms with E-state index in [1.165, 1.54) is 16.7 Å². The van der Waals surface area contributed by atoms with Crippen LogP contribution in [0.4, 0.5) is 5.69 Å². The Balaban J connectivity index is 1.48. The monoisotopic (exact) mass is 510 g/mol. The zero-order valence-electron chi connectivity index (χ0n) is 22.4. The number of nitrogens with zero attached hydrogens (tertiary/aromatic N) is 3. The first-order valence-electron chi connectivity index (χ1n) is 13.5. The second-order valence-corrected chi connectivity index (χ2v) is 9.59. The molecule has 0 saturated heterocycles. The minimum absolute atomic E-state index is 0.0993. The van der Waals surface area contributed by atoms with Crippen molar-refractivity contribution in [2.75, 3.05) is 5.32 Å². The van der Waals surface area contributed by atoms with Gasteiger partial charge in [-0.25, -0.2) is 4.98 Å². The molecule has 0 aliphatic carbocycles. The highest BCUT2D eigenvalue weighted by Crippen LogP contribution is 2.27. The molecule has 2 aromatic carbocycles. The van der Waals surface area contributed by atoms with Crippen LogP contribution in [-0.4, -0.2) is 25.8 Å². The Bertz CT molecular complexity index is 1290. The molecule has 0 bridgehead atoms. The van der Waals surface area contributed by atoms with Gasteiger partial charge >= 0.3 is 0 Å². The number of imidazole rings is 1. The SMILES string of the molecule is CCCc1c(CN)ccc(NC(=O)c2ccc(CN(Cc3ccccn3)Cc3ncc[nH]3)cc2)c1CCC. The molecule has 2 aromatic heterocycles. The fraction of sp³-hybridized carbons (Fsp3) is 0.323. The average Bonchev–Trinajstić information content (AvgIpc) is 3.44. The van der Waals surface area contributed by atoms with Crippen molar-refractivity contribution in [3.8, 4) is 0 Å². The first-order valence-corrected chi connectivity index (χ1v) is 13.5. The number of hydrogen-bond acceptors (Lipinski definition) is 5. The van der Waals surface area contributed by atoms with E-state index in [2.05, 4.69) is 45.1 Å². The zero-order chi connectivity index (χ0) is 26.7. The third kappa shape index (κ3) is 7.15. The predicted octanol–water partition coefficient (Wildman–Crippen LogP) is 5.62. The summed E-state index contributed by atoms with van der Waals surface area (Å²) in [5.74, 6) is 0.806. The summed E-state index contributed by atoms with van der Waals surface area (Å²) in [6.45, 7) is 6.93. The summed E-state index contributed by atoms with van der Waals surface area (Å²) in [4.78, 5) is 27.5.